The van der Waals surface area contributed by atoms with E-state index in [1.165, 1.54) is 4.60 Å². The smallest absolute Gasteiger partial charge is 0.425 e. The van der Waals surface area contributed by atoms with Crippen molar-refractivity contribution in [2.45, 2.75) is 0 Å². The van der Waals surface area contributed by atoms with E-state index in [4.69, 9.17) is 68.9 Å². The van der Waals surface area contributed by atoms with E-state index in [2.05, 4.69) is 0 Å². The number of nitrogens with zero attached hydrogens (tertiary/aromatic N) is 3. The summed E-state index contributed by atoms with van der Waals surface area (Å²) in [5.41, 5.74) is 26.2. The number of nitrogens with two attached hydrogens (primary N) is 4. The Hall–Kier alpha value is -3.13. The minimum Gasteiger partial charge on any atom is -0.435 e. The molecular weight excluding hydrogens is 614 g/mol. The van der Waals surface area contributed by atoms with E-state index in [-0.39, 0.29) is 11.5 Å². The van der Waals surface area contributed by atoms with Crippen LogP contribution in [0, 0.1) is 0 Å². The minimum absolute atomic E-state index is 0.274. The van der Waals surface area contributed by atoms with Crippen LogP contribution in [0.3, 0.4) is 0 Å². The van der Waals surface area contributed by atoms with E-state index in [1.807, 2.05) is 0 Å². The highest BCUT2D eigenvalue weighted by Crippen LogP contribution is 2.80. The maximum Gasteiger partial charge on any atom is 0.425 e. The Labute approximate surface area is 243 Å². The summed E-state index contributed by atoms with van der Waals surface area (Å²) < 4.78 is 26.5. The number of benzene rings is 4. The summed E-state index contributed by atoms with van der Waals surface area (Å²) in [5.74, 6) is 1.21. The van der Waals surface area contributed by atoms with Crippen LogP contribution in [0.5, 0.6) is 23.0 Å². The Balaban J connectivity index is 1.67. The molecule has 0 aliphatic carbocycles. The van der Waals surface area contributed by atoms with Crippen molar-refractivity contribution in [3.63, 3.8) is 0 Å². The van der Waals surface area contributed by atoms with Crippen molar-refractivity contribution in [3.8, 4) is 23.0 Å². The van der Waals surface area contributed by atoms with Crippen LogP contribution in [0.1, 0.15) is 0 Å². The average Bonchev–Trinajstić information content (AvgIpc) is 2.94. The SMILES string of the molecule is Nc1ccccc1ON1P(Oc2ccccc2N)N=P(Oc2ccccc2N)(Oc2ccccc2N)N(Cl)P1Cl. The molecule has 8 N–H and O–H groups in total. The third-order valence-corrected chi connectivity index (χ3v) is 14.4. The number of rotatable bonds is 8. The Kier molecular flexibility index (Phi) is 8.64. The van der Waals surface area contributed by atoms with E-state index in [1.54, 1.807) is 97.1 Å². The van der Waals surface area contributed by atoms with Gasteiger partial charge < -0.3 is 41.3 Å². The maximum absolute atomic E-state index is 7.00. The van der Waals surface area contributed by atoms with Crippen molar-refractivity contribution in [1.82, 2.24) is 8.56 Å². The molecule has 0 radical (unpaired) electrons. The maximum atomic E-state index is 7.00. The molecule has 16 heteroatoms. The molecule has 1 aliphatic heterocycles. The van der Waals surface area contributed by atoms with E-state index < -0.39 is 23.7 Å². The molecule has 0 saturated heterocycles. The molecule has 208 valence electrons. The van der Waals surface area contributed by atoms with Crippen LogP contribution in [0.25, 0.3) is 0 Å². The predicted octanol–water partition coefficient (Wildman–Crippen LogP) is 7.96. The summed E-state index contributed by atoms with van der Waals surface area (Å²) in [5, 5.41) is 0. The van der Waals surface area contributed by atoms with Crippen LogP contribution in [0.15, 0.2) is 102 Å². The average molecular weight is 638 g/mol. The van der Waals surface area contributed by atoms with Crippen molar-refractivity contribution in [1.29, 1.82) is 0 Å². The van der Waals surface area contributed by atoms with Crippen molar-refractivity contribution in [2.24, 2.45) is 4.52 Å². The zero-order chi connectivity index (χ0) is 28.3. The van der Waals surface area contributed by atoms with Gasteiger partial charge in [-0.3, -0.25) is 0 Å². The Bertz CT molecular complexity index is 1520. The van der Waals surface area contributed by atoms with Crippen LogP contribution >= 0.6 is 46.7 Å². The molecule has 1 aliphatic rings. The first kappa shape index (κ1) is 28.4. The highest BCUT2D eigenvalue weighted by molar-refractivity contribution is 7.93. The number of halogens is 2. The summed E-state index contributed by atoms with van der Waals surface area (Å²) in [6, 6.07) is 27.5. The van der Waals surface area contributed by atoms with Crippen LogP contribution < -0.4 is 41.3 Å². The molecule has 0 fully saturated rings. The number of hydrogen-bond acceptors (Lipinski definition) is 11. The van der Waals surface area contributed by atoms with Gasteiger partial charge in [0.2, 0.25) is 7.58 Å². The van der Waals surface area contributed by atoms with Gasteiger partial charge in [0.25, 0.3) is 0 Å². The lowest BCUT2D eigenvalue weighted by Crippen LogP contribution is -2.28. The molecule has 0 amide bonds. The van der Waals surface area contributed by atoms with Gasteiger partial charge in [-0.25, -0.2) is 0 Å². The zero-order valence-corrected chi connectivity index (χ0v) is 24.8. The number of hydrogen-bond donors (Lipinski definition) is 4. The molecule has 5 rings (SSSR count). The van der Waals surface area contributed by atoms with Crippen molar-refractivity contribution in [2.75, 3.05) is 22.9 Å². The lowest BCUT2D eigenvalue weighted by molar-refractivity contribution is 0.130. The van der Waals surface area contributed by atoms with Crippen molar-refractivity contribution < 1.29 is 18.4 Å². The summed E-state index contributed by atoms with van der Waals surface area (Å²) >= 11 is 13.9. The topological polar surface area (TPSA) is 160 Å². The van der Waals surface area contributed by atoms with Crippen LogP contribution in [0.2, 0.25) is 0 Å². The second-order valence-electron chi connectivity index (χ2n) is 8.08. The fourth-order valence-electron chi connectivity index (χ4n) is 3.31. The third kappa shape index (κ3) is 5.97. The Morgan fingerprint density at radius 3 is 1.48 bits per heavy atom. The molecule has 0 aromatic heterocycles. The standard InChI is InChI=1S/C24H24Cl2N7O4P3/c25-32-38(26)33(34-21-13-5-1-9-17(21)27)39(35-22-14-6-2-10-18(22)28)31-40(32,36-23-15-7-3-11-19(23)29)37-24-16-8-4-12-20(24)30/h1-16H,27-30H2. The van der Waals surface area contributed by atoms with E-state index in [0.717, 1.165) is 3.96 Å². The van der Waals surface area contributed by atoms with Crippen molar-refractivity contribution in [3.05, 3.63) is 97.1 Å². The monoisotopic (exact) mass is 637 g/mol. The minimum atomic E-state index is -3.73. The second-order valence-corrected chi connectivity index (χ2v) is 15.2. The molecule has 1 heterocycles. The summed E-state index contributed by atoms with van der Waals surface area (Å²) in [6.45, 7) is 0. The third-order valence-electron chi connectivity index (χ3n) is 5.29. The molecule has 2 unspecified atom stereocenters. The number of para-hydroxylation sites is 8. The molecular formula is C24H24Cl2N7O4P3. The largest absolute Gasteiger partial charge is 0.435 e. The van der Waals surface area contributed by atoms with Gasteiger partial charge in [0, 0.05) is 0 Å². The van der Waals surface area contributed by atoms with Crippen molar-refractivity contribution >= 4 is 69.5 Å². The molecule has 2 atom stereocenters. The summed E-state index contributed by atoms with van der Waals surface area (Å²) in [4.78, 5) is 6.14. The first-order valence-corrected chi connectivity index (χ1v) is 16.7. The molecule has 0 saturated carbocycles. The van der Waals surface area contributed by atoms with Crippen LogP contribution in [-0.2, 0) is 0 Å². The normalized spacial score (nSPS) is 18.9. The molecule has 0 bridgehead atoms. The van der Waals surface area contributed by atoms with Gasteiger partial charge in [0.15, 0.2) is 17.2 Å². The fourth-order valence-corrected chi connectivity index (χ4v) is 12.0. The predicted molar refractivity (Wildman–Crippen MR) is 165 cm³/mol. The first-order valence-electron chi connectivity index (χ1n) is 11.5. The van der Waals surface area contributed by atoms with Gasteiger partial charge >= 0.3 is 16.1 Å². The number of anilines is 4. The van der Waals surface area contributed by atoms with Gasteiger partial charge in [-0.2, -0.15) is 0 Å². The first-order chi connectivity index (χ1) is 19.3. The van der Waals surface area contributed by atoms with Gasteiger partial charge in [0.05, 0.1) is 22.7 Å². The quantitative estimate of drug-likeness (QED) is 0.0847. The molecule has 11 nitrogen and oxygen atoms in total. The van der Waals surface area contributed by atoms with Gasteiger partial charge in [-0.15, -0.1) is 4.52 Å². The van der Waals surface area contributed by atoms with Crippen LogP contribution in [-0.4, -0.2) is 8.56 Å². The number of nitrogen functional groups attached to an aromatic ring is 4. The second kappa shape index (κ2) is 12.2. The highest BCUT2D eigenvalue weighted by Gasteiger charge is 2.53. The van der Waals surface area contributed by atoms with Gasteiger partial charge in [-0.05, 0) is 64.9 Å². The fraction of sp³-hybridized carbons (Fsp3) is 0. The Morgan fingerprint density at radius 1 is 0.625 bits per heavy atom. The Morgan fingerprint density at radius 2 is 1.02 bits per heavy atom. The summed E-state index contributed by atoms with van der Waals surface area (Å²) in [6.07, 6.45) is 0. The summed E-state index contributed by atoms with van der Waals surface area (Å²) in [7, 11) is -7.95. The van der Waals surface area contributed by atoms with E-state index in [0.29, 0.717) is 34.2 Å². The molecule has 4 aromatic rings. The van der Waals surface area contributed by atoms with Crippen LogP contribution in [0.4, 0.5) is 22.7 Å². The zero-order valence-electron chi connectivity index (χ0n) is 20.6. The lowest BCUT2D eigenvalue weighted by Gasteiger charge is -2.41. The highest BCUT2D eigenvalue weighted by atomic mass is 35.7. The molecule has 40 heavy (non-hydrogen) atoms. The van der Waals surface area contributed by atoms with Gasteiger partial charge in [0.1, 0.15) is 5.75 Å². The molecule has 4 aromatic carbocycles. The molecule has 0 spiro atoms. The van der Waals surface area contributed by atoms with Gasteiger partial charge in [-0.1, -0.05) is 63.7 Å². The lowest BCUT2D eigenvalue weighted by atomic mass is 10.3. The van der Waals surface area contributed by atoms with E-state index >= 15 is 0 Å². The van der Waals surface area contributed by atoms with E-state index in [9.17, 15) is 0 Å².